The van der Waals surface area contributed by atoms with Crippen molar-refractivity contribution in [1.29, 1.82) is 0 Å². The predicted octanol–water partition coefficient (Wildman–Crippen LogP) is 4.20. The molecule has 1 aromatic carbocycles. The first-order valence-corrected chi connectivity index (χ1v) is 7.55. The van der Waals surface area contributed by atoms with Gasteiger partial charge in [0.1, 0.15) is 12.4 Å². The van der Waals surface area contributed by atoms with Crippen LogP contribution in [0, 0.1) is 0 Å². The molecule has 2 rings (SSSR count). The van der Waals surface area contributed by atoms with Crippen LogP contribution in [0.25, 0.3) is 0 Å². The third-order valence-electron chi connectivity index (χ3n) is 2.46. The second-order valence-corrected chi connectivity index (χ2v) is 6.06. The number of nitrogens with one attached hydrogen (secondary N) is 1. The highest BCUT2D eigenvalue weighted by Crippen LogP contribution is 2.20. The fourth-order valence-electron chi connectivity index (χ4n) is 1.53. The molecule has 0 aliphatic rings. The molecule has 96 valence electrons. The molecule has 1 N–H and O–H groups in total. The summed E-state index contributed by atoms with van der Waals surface area (Å²) < 4.78 is 6.80. The van der Waals surface area contributed by atoms with Crippen LogP contribution in [0.4, 0.5) is 0 Å². The second kappa shape index (κ2) is 6.92. The molecule has 0 spiro atoms. The molecule has 0 radical (unpaired) electrons. The number of benzene rings is 1. The molecule has 2 aromatic rings. The largest absolute Gasteiger partial charge is 0.488 e. The van der Waals surface area contributed by atoms with E-state index in [2.05, 4.69) is 40.3 Å². The van der Waals surface area contributed by atoms with Crippen LogP contribution in [0.2, 0.25) is 0 Å². The summed E-state index contributed by atoms with van der Waals surface area (Å²) >= 11 is 5.21. The number of hydrogen-bond acceptors (Lipinski definition) is 3. The van der Waals surface area contributed by atoms with Gasteiger partial charge in [0.05, 0.1) is 0 Å². The van der Waals surface area contributed by atoms with Gasteiger partial charge in [0.15, 0.2) is 0 Å². The van der Waals surface area contributed by atoms with E-state index in [1.165, 1.54) is 9.75 Å². The molecule has 1 aromatic heterocycles. The summed E-state index contributed by atoms with van der Waals surface area (Å²) in [5.41, 5.74) is 0. The quantitative estimate of drug-likeness (QED) is 0.859. The van der Waals surface area contributed by atoms with Crippen molar-refractivity contribution in [3.05, 3.63) is 50.6 Å². The Kier molecular flexibility index (Phi) is 5.23. The third kappa shape index (κ3) is 4.12. The van der Waals surface area contributed by atoms with Crippen molar-refractivity contribution in [2.75, 3.05) is 6.54 Å². The molecule has 1 heterocycles. The Morgan fingerprint density at radius 2 is 1.83 bits per heavy atom. The lowest BCUT2D eigenvalue weighted by molar-refractivity contribution is 0.310. The molecule has 0 saturated carbocycles. The molecule has 0 amide bonds. The molecule has 4 heteroatoms. The maximum atomic E-state index is 5.73. The first-order valence-electron chi connectivity index (χ1n) is 5.94. The van der Waals surface area contributed by atoms with Crippen molar-refractivity contribution in [3.63, 3.8) is 0 Å². The summed E-state index contributed by atoms with van der Waals surface area (Å²) in [5, 5.41) is 3.32. The van der Waals surface area contributed by atoms with E-state index in [-0.39, 0.29) is 0 Å². The molecule has 2 nitrogen and oxygen atoms in total. The number of hydrogen-bond donors (Lipinski definition) is 1. The van der Waals surface area contributed by atoms with Crippen LogP contribution >= 0.6 is 27.3 Å². The Morgan fingerprint density at radius 1 is 1.11 bits per heavy atom. The predicted molar refractivity (Wildman–Crippen MR) is 80.2 cm³/mol. The van der Waals surface area contributed by atoms with E-state index in [1.807, 2.05) is 24.3 Å². The summed E-state index contributed by atoms with van der Waals surface area (Å²) in [5.74, 6) is 0.903. The van der Waals surface area contributed by atoms with Crippen LogP contribution in [0.1, 0.15) is 16.7 Å². The Morgan fingerprint density at radius 3 is 2.56 bits per heavy atom. The van der Waals surface area contributed by atoms with Gasteiger partial charge in [0, 0.05) is 20.8 Å². The molecule has 0 atom stereocenters. The van der Waals surface area contributed by atoms with E-state index in [1.54, 1.807) is 11.3 Å². The Labute approximate surface area is 120 Å². The Bertz CT molecular complexity index is 481. The van der Waals surface area contributed by atoms with Gasteiger partial charge in [-0.2, -0.15) is 0 Å². The topological polar surface area (TPSA) is 21.3 Å². The van der Waals surface area contributed by atoms with E-state index in [0.29, 0.717) is 6.61 Å². The SMILES string of the molecule is CCNCc1ccc(COc2ccc(Br)cc2)s1. The zero-order valence-corrected chi connectivity index (χ0v) is 12.7. The normalized spacial score (nSPS) is 10.6. The maximum absolute atomic E-state index is 5.73. The lowest BCUT2D eigenvalue weighted by Crippen LogP contribution is -2.10. The first kappa shape index (κ1) is 13.6. The van der Waals surface area contributed by atoms with Crippen molar-refractivity contribution in [1.82, 2.24) is 5.32 Å². The van der Waals surface area contributed by atoms with Crippen LogP contribution in [0.15, 0.2) is 40.9 Å². The van der Waals surface area contributed by atoms with Gasteiger partial charge in [-0.25, -0.2) is 0 Å². The molecule has 0 unspecified atom stereocenters. The van der Waals surface area contributed by atoms with Gasteiger partial charge in [0.2, 0.25) is 0 Å². The number of ether oxygens (including phenoxy) is 1. The zero-order valence-electron chi connectivity index (χ0n) is 10.3. The molecular weight excluding hydrogens is 310 g/mol. The minimum Gasteiger partial charge on any atom is -0.488 e. The molecule has 0 bridgehead atoms. The van der Waals surface area contributed by atoms with Gasteiger partial charge in [0.25, 0.3) is 0 Å². The lowest BCUT2D eigenvalue weighted by Gasteiger charge is -2.04. The summed E-state index contributed by atoms with van der Waals surface area (Å²) in [6.07, 6.45) is 0. The maximum Gasteiger partial charge on any atom is 0.122 e. The average Bonchev–Trinajstić information content (AvgIpc) is 2.84. The Balaban J connectivity index is 1.86. The second-order valence-electron chi connectivity index (χ2n) is 3.89. The van der Waals surface area contributed by atoms with Crippen molar-refractivity contribution in [2.45, 2.75) is 20.1 Å². The van der Waals surface area contributed by atoms with Crippen LogP contribution in [0.3, 0.4) is 0 Å². The highest BCUT2D eigenvalue weighted by Gasteiger charge is 2.01. The van der Waals surface area contributed by atoms with Crippen LogP contribution in [-0.2, 0) is 13.2 Å². The standard InChI is InChI=1S/C14H16BrNOS/c1-2-16-9-13-7-8-14(18-13)10-17-12-5-3-11(15)4-6-12/h3-8,16H,2,9-10H2,1H3. The number of halogens is 1. The average molecular weight is 326 g/mol. The van der Waals surface area contributed by atoms with E-state index >= 15 is 0 Å². The lowest BCUT2D eigenvalue weighted by atomic mass is 10.3. The van der Waals surface area contributed by atoms with Crippen molar-refractivity contribution in [3.8, 4) is 5.75 Å². The fourth-order valence-corrected chi connectivity index (χ4v) is 2.69. The van der Waals surface area contributed by atoms with Gasteiger partial charge in [-0.05, 0) is 42.9 Å². The van der Waals surface area contributed by atoms with E-state index in [4.69, 9.17) is 4.74 Å². The van der Waals surface area contributed by atoms with Crippen molar-refractivity contribution in [2.24, 2.45) is 0 Å². The van der Waals surface area contributed by atoms with Crippen LogP contribution in [-0.4, -0.2) is 6.54 Å². The van der Waals surface area contributed by atoms with E-state index in [0.717, 1.165) is 23.3 Å². The molecule has 0 aliphatic heterocycles. The third-order valence-corrected chi connectivity index (χ3v) is 4.05. The zero-order chi connectivity index (χ0) is 12.8. The summed E-state index contributed by atoms with van der Waals surface area (Å²) in [6, 6.07) is 12.2. The number of thiophene rings is 1. The first-order chi connectivity index (χ1) is 8.78. The molecule has 0 fully saturated rings. The smallest absolute Gasteiger partial charge is 0.122 e. The van der Waals surface area contributed by atoms with Crippen molar-refractivity contribution >= 4 is 27.3 Å². The highest BCUT2D eigenvalue weighted by molar-refractivity contribution is 9.10. The monoisotopic (exact) mass is 325 g/mol. The molecule has 0 saturated heterocycles. The van der Waals surface area contributed by atoms with E-state index in [9.17, 15) is 0 Å². The van der Waals surface area contributed by atoms with Gasteiger partial charge >= 0.3 is 0 Å². The molecule has 0 aliphatic carbocycles. The van der Waals surface area contributed by atoms with E-state index < -0.39 is 0 Å². The minimum absolute atomic E-state index is 0.637. The van der Waals surface area contributed by atoms with Gasteiger partial charge in [-0.3, -0.25) is 0 Å². The number of rotatable bonds is 6. The Hall–Kier alpha value is -0.840. The summed E-state index contributed by atoms with van der Waals surface area (Å²) in [7, 11) is 0. The van der Waals surface area contributed by atoms with Gasteiger partial charge in [-0.1, -0.05) is 22.9 Å². The van der Waals surface area contributed by atoms with Crippen LogP contribution < -0.4 is 10.1 Å². The van der Waals surface area contributed by atoms with Gasteiger partial charge < -0.3 is 10.1 Å². The molecule has 18 heavy (non-hydrogen) atoms. The molecular formula is C14H16BrNOS. The summed E-state index contributed by atoms with van der Waals surface area (Å²) in [6.45, 7) is 4.70. The van der Waals surface area contributed by atoms with Crippen molar-refractivity contribution < 1.29 is 4.74 Å². The fraction of sp³-hybridized carbons (Fsp3) is 0.286. The minimum atomic E-state index is 0.637. The van der Waals surface area contributed by atoms with Gasteiger partial charge in [-0.15, -0.1) is 11.3 Å². The summed E-state index contributed by atoms with van der Waals surface area (Å²) in [4.78, 5) is 2.61. The highest BCUT2D eigenvalue weighted by atomic mass is 79.9. The van der Waals surface area contributed by atoms with Crippen LogP contribution in [0.5, 0.6) is 5.75 Å².